The quantitative estimate of drug-likeness (QED) is 0.548. The zero-order valence-electron chi connectivity index (χ0n) is 20.2. The van der Waals surface area contributed by atoms with Gasteiger partial charge in [0.2, 0.25) is 0 Å². The molecule has 0 N–H and O–H groups in total. The second kappa shape index (κ2) is 11.8. The summed E-state index contributed by atoms with van der Waals surface area (Å²) in [7, 11) is 0. The Morgan fingerprint density at radius 2 is 1.82 bits per heavy atom. The standard InChI is InChI=1S/C24H34FN5O3.ClH/c1-17(2)22-26-24(33-27-22)30-13-11-28(12-14-30)18(3)8-15-32-19-6-7-20(21(25)16-19)23(31)29-9-4-5-10-29;/h6-7,16-18H,4-5,8-15H2,1-3H3;1H. The topological polar surface area (TPSA) is 74.9 Å². The van der Waals surface area contributed by atoms with Crippen LogP contribution >= 0.6 is 12.4 Å². The van der Waals surface area contributed by atoms with Gasteiger partial charge in [-0.25, -0.2) is 4.39 Å². The Bertz CT molecular complexity index is 942. The number of piperazine rings is 1. The van der Waals surface area contributed by atoms with Gasteiger partial charge in [0.1, 0.15) is 11.6 Å². The third kappa shape index (κ3) is 6.18. The maximum absolute atomic E-state index is 14.5. The highest BCUT2D eigenvalue weighted by atomic mass is 35.5. The maximum atomic E-state index is 14.5. The fourth-order valence-electron chi connectivity index (χ4n) is 4.32. The van der Waals surface area contributed by atoms with Crippen LogP contribution in [0.4, 0.5) is 10.4 Å². The number of likely N-dealkylation sites (tertiary alicyclic amines) is 1. The minimum absolute atomic E-state index is 0. The molecule has 3 heterocycles. The minimum Gasteiger partial charge on any atom is -0.493 e. The van der Waals surface area contributed by atoms with Gasteiger partial charge in [-0.1, -0.05) is 19.0 Å². The van der Waals surface area contributed by atoms with Crippen molar-refractivity contribution in [3.8, 4) is 5.75 Å². The van der Waals surface area contributed by atoms with Gasteiger partial charge in [-0.3, -0.25) is 9.69 Å². The molecule has 1 amide bonds. The Labute approximate surface area is 206 Å². The lowest BCUT2D eigenvalue weighted by Crippen LogP contribution is -2.50. The van der Waals surface area contributed by atoms with Crippen LogP contribution in [0.1, 0.15) is 62.1 Å². The molecule has 8 nitrogen and oxygen atoms in total. The average molecular weight is 496 g/mol. The zero-order valence-corrected chi connectivity index (χ0v) is 21.0. The van der Waals surface area contributed by atoms with Crippen molar-refractivity contribution in [3.63, 3.8) is 0 Å². The number of benzene rings is 1. The van der Waals surface area contributed by atoms with Crippen LogP contribution in [-0.2, 0) is 0 Å². The molecule has 34 heavy (non-hydrogen) atoms. The number of anilines is 1. The van der Waals surface area contributed by atoms with Crippen LogP contribution in [0.3, 0.4) is 0 Å². The molecule has 4 rings (SSSR count). The van der Waals surface area contributed by atoms with E-state index in [1.165, 1.54) is 12.1 Å². The molecule has 1 aromatic carbocycles. The molecule has 2 aliphatic heterocycles. The molecule has 2 saturated heterocycles. The first-order valence-corrected chi connectivity index (χ1v) is 12.0. The zero-order chi connectivity index (χ0) is 23.4. The number of nitrogens with zero attached hydrogens (tertiary/aromatic N) is 5. The van der Waals surface area contributed by atoms with Gasteiger partial charge in [-0.2, -0.15) is 4.98 Å². The van der Waals surface area contributed by atoms with Gasteiger partial charge in [0.05, 0.1) is 12.2 Å². The van der Waals surface area contributed by atoms with E-state index in [1.54, 1.807) is 11.0 Å². The number of rotatable bonds is 8. The summed E-state index contributed by atoms with van der Waals surface area (Å²) in [4.78, 5) is 23.2. The molecule has 1 aromatic heterocycles. The van der Waals surface area contributed by atoms with Crippen molar-refractivity contribution in [2.75, 3.05) is 50.8 Å². The van der Waals surface area contributed by atoms with Crippen molar-refractivity contribution in [3.05, 3.63) is 35.4 Å². The van der Waals surface area contributed by atoms with E-state index in [9.17, 15) is 9.18 Å². The molecule has 0 bridgehead atoms. The Morgan fingerprint density at radius 1 is 1.12 bits per heavy atom. The minimum atomic E-state index is -0.518. The summed E-state index contributed by atoms with van der Waals surface area (Å²) in [6.45, 7) is 11.7. The van der Waals surface area contributed by atoms with Crippen molar-refractivity contribution in [2.45, 2.75) is 52.0 Å². The number of carbonyl (C=O) groups excluding carboxylic acids is 1. The van der Waals surface area contributed by atoms with Gasteiger partial charge in [0, 0.05) is 57.3 Å². The Kier molecular flexibility index (Phi) is 9.13. The van der Waals surface area contributed by atoms with Crippen LogP contribution in [0.15, 0.2) is 22.7 Å². The van der Waals surface area contributed by atoms with Crippen molar-refractivity contribution in [2.24, 2.45) is 0 Å². The van der Waals surface area contributed by atoms with Crippen LogP contribution in [0.2, 0.25) is 0 Å². The first kappa shape index (κ1) is 26.2. The van der Waals surface area contributed by atoms with Crippen molar-refractivity contribution < 1.29 is 18.4 Å². The number of aromatic nitrogens is 2. The monoisotopic (exact) mass is 495 g/mol. The lowest BCUT2D eigenvalue weighted by atomic mass is 10.1. The summed E-state index contributed by atoms with van der Waals surface area (Å²) in [5.74, 6) is 0.696. The van der Waals surface area contributed by atoms with Gasteiger partial charge in [0.15, 0.2) is 5.82 Å². The summed E-state index contributed by atoms with van der Waals surface area (Å²) in [5, 5.41) is 4.05. The second-order valence-corrected chi connectivity index (χ2v) is 9.24. The highest BCUT2D eigenvalue weighted by molar-refractivity contribution is 5.94. The smallest absolute Gasteiger partial charge is 0.324 e. The normalized spacial score (nSPS) is 17.7. The van der Waals surface area contributed by atoms with E-state index in [0.29, 0.717) is 37.5 Å². The number of hydrogen-bond acceptors (Lipinski definition) is 7. The molecule has 0 spiro atoms. The Hall–Kier alpha value is -2.39. The van der Waals surface area contributed by atoms with Crippen LogP contribution in [0.5, 0.6) is 5.75 Å². The molecule has 2 aliphatic rings. The highest BCUT2D eigenvalue weighted by Gasteiger charge is 2.25. The Balaban J connectivity index is 0.00000324. The number of ether oxygens (including phenoxy) is 1. The van der Waals surface area contributed by atoms with E-state index in [0.717, 1.165) is 51.3 Å². The second-order valence-electron chi connectivity index (χ2n) is 9.24. The van der Waals surface area contributed by atoms with Gasteiger partial charge < -0.3 is 19.1 Å². The largest absolute Gasteiger partial charge is 0.493 e. The fraction of sp³-hybridized carbons (Fsp3) is 0.625. The summed E-state index contributed by atoms with van der Waals surface area (Å²) < 4.78 is 25.7. The first-order valence-electron chi connectivity index (χ1n) is 12.0. The molecule has 2 fully saturated rings. The van der Waals surface area contributed by atoms with Crippen LogP contribution in [0, 0.1) is 5.82 Å². The number of carbonyl (C=O) groups is 1. The van der Waals surface area contributed by atoms with Crippen molar-refractivity contribution >= 4 is 24.3 Å². The first-order chi connectivity index (χ1) is 15.9. The molecule has 0 radical (unpaired) electrons. The van der Waals surface area contributed by atoms with Gasteiger partial charge >= 0.3 is 6.01 Å². The molecule has 10 heteroatoms. The molecule has 188 valence electrons. The lowest BCUT2D eigenvalue weighted by molar-refractivity contribution is 0.0788. The summed E-state index contributed by atoms with van der Waals surface area (Å²) in [6.07, 6.45) is 2.80. The number of amides is 1. The SMILES string of the molecule is CC(C)c1noc(N2CCN(C(C)CCOc3ccc(C(=O)N4CCCC4)c(F)c3)CC2)n1.Cl. The molecule has 0 aliphatic carbocycles. The van der Waals surface area contributed by atoms with E-state index >= 15 is 0 Å². The fourth-order valence-corrected chi connectivity index (χ4v) is 4.32. The summed E-state index contributed by atoms with van der Waals surface area (Å²) in [6, 6.07) is 5.48. The summed E-state index contributed by atoms with van der Waals surface area (Å²) >= 11 is 0. The van der Waals surface area contributed by atoms with Crippen LogP contribution in [0.25, 0.3) is 0 Å². The van der Waals surface area contributed by atoms with E-state index < -0.39 is 5.82 Å². The third-order valence-corrected chi connectivity index (χ3v) is 6.52. The van der Waals surface area contributed by atoms with Crippen molar-refractivity contribution in [1.82, 2.24) is 19.9 Å². The summed E-state index contributed by atoms with van der Waals surface area (Å²) in [5.41, 5.74) is 0.122. The Morgan fingerprint density at radius 3 is 2.44 bits per heavy atom. The third-order valence-electron chi connectivity index (χ3n) is 6.52. The van der Waals surface area contributed by atoms with Gasteiger partial charge in [-0.05, 0) is 38.3 Å². The predicted octanol–water partition coefficient (Wildman–Crippen LogP) is 3.97. The van der Waals surface area contributed by atoms with E-state index in [-0.39, 0.29) is 29.8 Å². The predicted molar refractivity (Wildman–Crippen MR) is 131 cm³/mol. The average Bonchev–Trinajstić information content (AvgIpc) is 3.51. The molecule has 2 aromatic rings. The van der Waals surface area contributed by atoms with Gasteiger partial charge in [-0.15, -0.1) is 12.4 Å². The molecule has 1 atom stereocenters. The lowest BCUT2D eigenvalue weighted by Gasteiger charge is -2.37. The van der Waals surface area contributed by atoms with Gasteiger partial charge in [0.25, 0.3) is 5.91 Å². The number of halogens is 2. The molecule has 0 saturated carbocycles. The van der Waals surface area contributed by atoms with E-state index in [4.69, 9.17) is 9.26 Å². The number of hydrogen-bond donors (Lipinski definition) is 0. The highest BCUT2D eigenvalue weighted by Crippen LogP contribution is 2.22. The van der Waals surface area contributed by atoms with Crippen LogP contribution < -0.4 is 9.64 Å². The van der Waals surface area contributed by atoms with Crippen molar-refractivity contribution in [1.29, 1.82) is 0 Å². The molecule has 1 unspecified atom stereocenters. The molecular formula is C24H35ClFN5O3. The molecular weight excluding hydrogens is 461 g/mol. The van der Waals surface area contributed by atoms with Crippen LogP contribution in [-0.4, -0.2) is 77.8 Å². The van der Waals surface area contributed by atoms with E-state index in [1.807, 2.05) is 13.8 Å². The maximum Gasteiger partial charge on any atom is 0.324 e. The van der Waals surface area contributed by atoms with E-state index in [2.05, 4.69) is 26.9 Å².